The molecule has 0 saturated heterocycles. The van der Waals surface area contributed by atoms with E-state index in [1.807, 2.05) is 36.4 Å². The largest absolute Gasteiger partial charge is 0.444 e. The summed E-state index contributed by atoms with van der Waals surface area (Å²) in [6.07, 6.45) is 1.69. The number of rotatable bonds is 6. The molecule has 0 aliphatic heterocycles. The van der Waals surface area contributed by atoms with Gasteiger partial charge in [0.25, 0.3) is 0 Å². The molecule has 0 radical (unpaired) electrons. The Morgan fingerprint density at radius 3 is 2.61 bits per heavy atom. The minimum absolute atomic E-state index is 0.202. The Hall–Kier alpha value is -2.46. The molecule has 0 aliphatic rings. The Morgan fingerprint density at radius 2 is 1.87 bits per heavy atom. The van der Waals surface area contributed by atoms with Crippen LogP contribution in [0.2, 0.25) is 0 Å². The third-order valence-corrected chi connectivity index (χ3v) is 3.70. The number of benzene rings is 2. The molecule has 0 spiro atoms. The molecule has 0 aliphatic carbocycles. The van der Waals surface area contributed by atoms with E-state index < -0.39 is 0 Å². The van der Waals surface area contributed by atoms with Gasteiger partial charge >= 0.3 is 0 Å². The summed E-state index contributed by atoms with van der Waals surface area (Å²) in [5.74, 6) is 0.425. The van der Waals surface area contributed by atoms with Crippen LogP contribution in [0.1, 0.15) is 18.2 Å². The first-order valence-electron chi connectivity index (χ1n) is 7.71. The predicted octanol–water partition coefficient (Wildman–Crippen LogP) is 4.50. The van der Waals surface area contributed by atoms with Crippen LogP contribution in [0.15, 0.2) is 65.3 Å². The van der Waals surface area contributed by atoms with Crippen molar-refractivity contribution >= 4 is 0 Å². The average Bonchev–Trinajstić information content (AvgIpc) is 3.04. The van der Waals surface area contributed by atoms with E-state index in [-0.39, 0.29) is 5.82 Å². The van der Waals surface area contributed by atoms with Crippen LogP contribution in [0.25, 0.3) is 11.5 Å². The molecule has 0 amide bonds. The molecule has 1 aromatic heterocycles. The fourth-order valence-corrected chi connectivity index (χ4v) is 2.50. The summed E-state index contributed by atoms with van der Waals surface area (Å²) in [5.41, 5.74) is 2.80. The van der Waals surface area contributed by atoms with Crippen LogP contribution >= 0.6 is 0 Å². The standard InChI is InChI=1S/C19H19FN2O/c1-2-22(12-15-7-6-10-17(20)11-15)13-18-14-23-19(21-18)16-8-4-3-5-9-16/h3-11,14H,2,12-13H2,1H3. The summed E-state index contributed by atoms with van der Waals surface area (Å²) in [4.78, 5) is 6.74. The van der Waals surface area contributed by atoms with E-state index in [9.17, 15) is 4.39 Å². The van der Waals surface area contributed by atoms with Gasteiger partial charge in [-0.05, 0) is 36.4 Å². The summed E-state index contributed by atoms with van der Waals surface area (Å²) in [5, 5.41) is 0. The molecule has 4 heteroatoms. The van der Waals surface area contributed by atoms with Gasteiger partial charge in [0.2, 0.25) is 5.89 Å². The van der Waals surface area contributed by atoms with Crippen LogP contribution in [0, 0.1) is 5.82 Å². The fourth-order valence-electron chi connectivity index (χ4n) is 2.50. The topological polar surface area (TPSA) is 29.3 Å². The van der Waals surface area contributed by atoms with Crippen molar-refractivity contribution in [2.24, 2.45) is 0 Å². The Labute approximate surface area is 135 Å². The summed E-state index contributed by atoms with van der Waals surface area (Å²) >= 11 is 0. The van der Waals surface area contributed by atoms with Crippen LogP contribution in [-0.2, 0) is 13.1 Å². The second-order valence-electron chi connectivity index (χ2n) is 5.44. The zero-order valence-corrected chi connectivity index (χ0v) is 13.1. The second-order valence-corrected chi connectivity index (χ2v) is 5.44. The highest BCUT2D eigenvalue weighted by Crippen LogP contribution is 2.19. The molecule has 23 heavy (non-hydrogen) atoms. The van der Waals surface area contributed by atoms with Crippen LogP contribution in [0.4, 0.5) is 4.39 Å². The number of hydrogen-bond acceptors (Lipinski definition) is 3. The fraction of sp³-hybridized carbons (Fsp3) is 0.211. The molecule has 118 valence electrons. The first-order chi connectivity index (χ1) is 11.2. The minimum Gasteiger partial charge on any atom is -0.444 e. The predicted molar refractivity (Wildman–Crippen MR) is 88.1 cm³/mol. The molecular formula is C19H19FN2O. The normalized spacial score (nSPS) is 11.1. The highest BCUT2D eigenvalue weighted by molar-refractivity contribution is 5.52. The van der Waals surface area contributed by atoms with Crippen LogP contribution in [0.3, 0.4) is 0 Å². The van der Waals surface area contributed by atoms with Gasteiger partial charge in [-0.1, -0.05) is 37.3 Å². The highest BCUT2D eigenvalue weighted by atomic mass is 19.1. The Bertz CT molecular complexity index is 755. The van der Waals surface area contributed by atoms with Gasteiger partial charge in [-0.2, -0.15) is 0 Å². The van der Waals surface area contributed by atoms with E-state index >= 15 is 0 Å². The van der Waals surface area contributed by atoms with Gasteiger partial charge in [0, 0.05) is 18.7 Å². The molecule has 3 rings (SSSR count). The quantitative estimate of drug-likeness (QED) is 0.671. The summed E-state index contributed by atoms with van der Waals surface area (Å²) in [6, 6.07) is 16.5. The van der Waals surface area contributed by atoms with Crippen LogP contribution in [-0.4, -0.2) is 16.4 Å². The van der Waals surface area contributed by atoms with Gasteiger partial charge in [-0.3, -0.25) is 4.90 Å². The lowest BCUT2D eigenvalue weighted by atomic mass is 10.2. The maximum atomic E-state index is 13.3. The molecular weight excluding hydrogens is 291 g/mol. The minimum atomic E-state index is -0.202. The molecule has 3 nitrogen and oxygen atoms in total. The van der Waals surface area contributed by atoms with E-state index in [0.29, 0.717) is 19.0 Å². The van der Waals surface area contributed by atoms with E-state index in [4.69, 9.17) is 4.42 Å². The van der Waals surface area contributed by atoms with E-state index in [1.165, 1.54) is 6.07 Å². The number of aromatic nitrogens is 1. The van der Waals surface area contributed by atoms with Gasteiger partial charge in [-0.25, -0.2) is 9.37 Å². The van der Waals surface area contributed by atoms with Gasteiger partial charge in [0.15, 0.2) is 0 Å². The molecule has 3 aromatic rings. The zero-order valence-electron chi connectivity index (χ0n) is 13.1. The monoisotopic (exact) mass is 310 g/mol. The van der Waals surface area contributed by atoms with Crippen molar-refractivity contribution in [1.82, 2.24) is 9.88 Å². The summed E-state index contributed by atoms with van der Waals surface area (Å²) in [7, 11) is 0. The van der Waals surface area contributed by atoms with Gasteiger partial charge < -0.3 is 4.42 Å². The SMILES string of the molecule is CCN(Cc1cccc(F)c1)Cc1coc(-c2ccccc2)n1. The lowest BCUT2D eigenvalue weighted by Gasteiger charge is -2.19. The van der Waals surface area contributed by atoms with E-state index in [1.54, 1.807) is 18.4 Å². The molecule has 0 N–H and O–H groups in total. The van der Waals surface area contributed by atoms with Crippen molar-refractivity contribution in [3.63, 3.8) is 0 Å². The second kappa shape index (κ2) is 7.20. The maximum absolute atomic E-state index is 13.3. The average molecular weight is 310 g/mol. The number of halogens is 1. The Kier molecular flexibility index (Phi) is 4.83. The first kappa shape index (κ1) is 15.4. The lowest BCUT2D eigenvalue weighted by molar-refractivity contribution is 0.267. The number of oxazole rings is 1. The summed E-state index contributed by atoms with van der Waals surface area (Å²) < 4.78 is 18.9. The smallest absolute Gasteiger partial charge is 0.226 e. The molecule has 0 saturated carbocycles. The molecule has 0 unspecified atom stereocenters. The highest BCUT2D eigenvalue weighted by Gasteiger charge is 2.11. The van der Waals surface area contributed by atoms with Crippen LogP contribution < -0.4 is 0 Å². The third kappa shape index (κ3) is 4.05. The van der Waals surface area contributed by atoms with E-state index in [0.717, 1.165) is 23.4 Å². The van der Waals surface area contributed by atoms with Crippen molar-refractivity contribution in [1.29, 1.82) is 0 Å². The van der Waals surface area contributed by atoms with Crippen molar-refractivity contribution in [2.75, 3.05) is 6.54 Å². The molecule has 2 aromatic carbocycles. The van der Waals surface area contributed by atoms with Crippen molar-refractivity contribution < 1.29 is 8.81 Å². The lowest BCUT2D eigenvalue weighted by Crippen LogP contribution is -2.22. The Morgan fingerprint density at radius 1 is 1.04 bits per heavy atom. The van der Waals surface area contributed by atoms with Gasteiger partial charge in [-0.15, -0.1) is 0 Å². The van der Waals surface area contributed by atoms with Gasteiger partial charge in [0.1, 0.15) is 12.1 Å². The Balaban J connectivity index is 1.69. The zero-order chi connectivity index (χ0) is 16.1. The number of hydrogen-bond donors (Lipinski definition) is 0. The number of nitrogens with zero attached hydrogens (tertiary/aromatic N) is 2. The van der Waals surface area contributed by atoms with Crippen molar-refractivity contribution in [3.05, 3.63) is 77.9 Å². The molecule has 1 heterocycles. The van der Waals surface area contributed by atoms with Crippen molar-refractivity contribution in [3.8, 4) is 11.5 Å². The first-order valence-corrected chi connectivity index (χ1v) is 7.71. The van der Waals surface area contributed by atoms with E-state index in [2.05, 4.69) is 16.8 Å². The third-order valence-electron chi connectivity index (χ3n) is 3.70. The molecule has 0 atom stereocenters. The maximum Gasteiger partial charge on any atom is 0.226 e. The van der Waals surface area contributed by atoms with Gasteiger partial charge in [0.05, 0.1) is 5.69 Å². The van der Waals surface area contributed by atoms with Crippen molar-refractivity contribution in [2.45, 2.75) is 20.0 Å². The molecule has 0 bridgehead atoms. The van der Waals surface area contributed by atoms with Crippen LogP contribution in [0.5, 0.6) is 0 Å². The molecule has 0 fully saturated rings. The summed E-state index contributed by atoms with van der Waals surface area (Å²) in [6.45, 7) is 4.28.